The molecule has 4 rings (SSSR count). The van der Waals surface area contributed by atoms with Crippen LogP contribution in [0.5, 0.6) is 0 Å². The second-order valence-electron chi connectivity index (χ2n) is 6.69. The Bertz CT molecular complexity index is 981. The van der Waals surface area contributed by atoms with Crippen LogP contribution in [-0.2, 0) is 9.53 Å². The molecular weight excluding hydrogens is 374 g/mol. The predicted molar refractivity (Wildman–Crippen MR) is 116 cm³/mol. The summed E-state index contributed by atoms with van der Waals surface area (Å²) in [6, 6.07) is 19.6. The van der Waals surface area contributed by atoms with Crippen molar-refractivity contribution in [2.75, 3.05) is 48.4 Å². The summed E-state index contributed by atoms with van der Waals surface area (Å²) in [6.07, 6.45) is 0. The Morgan fingerprint density at radius 3 is 2.64 bits per heavy atom. The topological polar surface area (TPSA) is 53.6 Å². The number of anilines is 3. The molecule has 144 valence electrons. The second-order valence-corrected chi connectivity index (χ2v) is 7.13. The van der Waals surface area contributed by atoms with Crippen LogP contribution in [0.1, 0.15) is 0 Å². The van der Waals surface area contributed by atoms with E-state index < -0.39 is 0 Å². The number of hydrogen-bond donors (Lipinski definition) is 2. The maximum Gasteiger partial charge on any atom is 0.243 e. The van der Waals surface area contributed by atoms with Crippen LogP contribution < -0.4 is 15.5 Å². The maximum absolute atomic E-state index is 12.6. The lowest BCUT2D eigenvalue weighted by atomic mass is 10.1. The number of carbonyl (C=O) groups excluding carboxylic acids is 1. The third-order valence-electron chi connectivity index (χ3n) is 4.81. The van der Waals surface area contributed by atoms with E-state index in [9.17, 15) is 4.79 Å². The van der Waals surface area contributed by atoms with Gasteiger partial charge in [0.1, 0.15) is 0 Å². The molecule has 0 aromatic heterocycles. The quantitative estimate of drug-likeness (QED) is 0.673. The minimum absolute atomic E-state index is 0.107. The van der Waals surface area contributed by atoms with Crippen LogP contribution in [0.2, 0.25) is 5.02 Å². The molecule has 0 unspecified atom stereocenters. The van der Waals surface area contributed by atoms with E-state index in [1.165, 1.54) is 0 Å². The van der Waals surface area contributed by atoms with Crippen molar-refractivity contribution in [3.05, 3.63) is 65.7 Å². The van der Waals surface area contributed by atoms with Crippen molar-refractivity contribution in [1.82, 2.24) is 0 Å². The number of nitrogens with zero attached hydrogens (tertiary/aromatic N) is 1. The molecule has 0 saturated carbocycles. The van der Waals surface area contributed by atoms with Crippen LogP contribution in [0.25, 0.3) is 10.8 Å². The van der Waals surface area contributed by atoms with E-state index in [2.05, 4.69) is 15.5 Å². The van der Waals surface area contributed by atoms with Crippen molar-refractivity contribution in [3.8, 4) is 0 Å². The zero-order valence-electron chi connectivity index (χ0n) is 15.5. The highest BCUT2D eigenvalue weighted by Gasteiger charge is 2.16. The molecule has 1 fully saturated rings. The van der Waals surface area contributed by atoms with Crippen LogP contribution in [-0.4, -0.2) is 38.8 Å². The molecule has 0 radical (unpaired) electrons. The second kappa shape index (κ2) is 8.50. The Balaban J connectivity index is 1.47. The maximum atomic E-state index is 12.6. The number of morpholine rings is 1. The van der Waals surface area contributed by atoms with E-state index in [-0.39, 0.29) is 12.5 Å². The van der Waals surface area contributed by atoms with Gasteiger partial charge in [-0.15, -0.1) is 0 Å². The molecule has 0 aliphatic carbocycles. The smallest absolute Gasteiger partial charge is 0.243 e. The Hall–Kier alpha value is -2.76. The lowest BCUT2D eigenvalue weighted by Crippen LogP contribution is -2.36. The van der Waals surface area contributed by atoms with Gasteiger partial charge in [0.25, 0.3) is 0 Å². The summed E-state index contributed by atoms with van der Waals surface area (Å²) in [5.41, 5.74) is 2.69. The normalized spacial score (nSPS) is 14.1. The number of halogens is 1. The molecule has 5 nitrogen and oxygen atoms in total. The van der Waals surface area contributed by atoms with E-state index in [1.54, 1.807) is 0 Å². The molecule has 1 saturated heterocycles. The highest BCUT2D eigenvalue weighted by atomic mass is 35.5. The van der Waals surface area contributed by atoms with Crippen molar-refractivity contribution in [3.63, 3.8) is 0 Å². The Labute approximate surface area is 169 Å². The first-order chi connectivity index (χ1) is 13.7. The van der Waals surface area contributed by atoms with E-state index >= 15 is 0 Å². The van der Waals surface area contributed by atoms with Crippen LogP contribution in [0.4, 0.5) is 17.1 Å². The van der Waals surface area contributed by atoms with E-state index in [1.807, 2.05) is 60.7 Å². The Morgan fingerprint density at radius 1 is 1.00 bits per heavy atom. The highest BCUT2D eigenvalue weighted by molar-refractivity contribution is 6.31. The molecule has 0 bridgehead atoms. The van der Waals surface area contributed by atoms with Gasteiger partial charge in [-0.2, -0.15) is 0 Å². The number of ether oxygens (including phenoxy) is 1. The average molecular weight is 396 g/mol. The van der Waals surface area contributed by atoms with Gasteiger partial charge in [0, 0.05) is 29.2 Å². The first-order valence-corrected chi connectivity index (χ1v) is 9.72. The molecule has 3 aromatic carbocycles. The fourth-order valence-electron chi connectivity index (χ4n) is 3.43. The minimum Gasteiger partial charge on any atom is -0.378 e. The van der Waals surface area contributed by atoms with Gasteiger partial charge in [-0.25, -0.2) is 0 Å². The Morgan fingerprint density at radius 2 is 1.79 bits per heavy atom. The monoisotopic (exact) mass is 395 g/mol. The third kappa shape index (κ3) is 4.21. The van der Waals surface area contributed by atoms with Crippen LogP contribution in [0.3, 0.4) is 0 Å². The number of fused-ring (bicyclic) bond motifs is 1. The van der Waals surface area contributed by atoms with Gasteiger partial charge in [0.15, 0.2) is 0 Å². The molecule has 1 aliphatic heterocycles. The summed E-state index contributed by atoms with van der Waals surface area (Å²) in [4.78, 5) is 14.8. The summed E-state index contributed by atoms with van der Waals surface area (Å²) in [6.45, 7) is 3.19. The molecule has 0 atom stereocenters. The third-order valence-corrected chi connectivity index (χ3v) is 5.05. The molecule has 1 heterocycles. The summed E-state index contributed by atoms with van der Waals surface area (Å²) in [7, 11) is 0. The molecular formula is C22H22ClN3O2. The first kappa shape index (κ1) is 18.6. The lowest BCUT2D eigenvalue weighted by molar-refractivity contribution is -0.114. The molecule has 3 aromatic rings. The fraction of sp³-hybridized carbons (Fsp3) is 0.227. The fourth-order valence-corrected chi connectivity index (χ4v) is 3.61. The Kier molecular flexibility index (Phi) is 5.65. The SMILES string of the molecule is O=C(CNc1cc(Cl)ccc1N1CCOCC1)Nc1cccc2ccccc12. The minimum atomic E-state index is -0.107. The first-order valence-electron chi connectivity index (χ1n) is 9.34. The summed E-state index contributed by atoms with van der Waals surface area (Å²) >= 11 is 6.18. The van der Waals surface area contributed by atoms with Gasteiger partial charge in [-0.05, 0) is 29.7 Å². The molecule has 2 N–H and O–H groups in total. The average Bonchev–Trinajstić information content (AvgIpc) is 2.73. The van der Waals surface area contributed by atoms with Crippen LogP contribution >= 0.6 is 11.6 Å². The van der Waals surface area contributed by atoms with Crippen molar-refractivity contribution in [1.29, 1.82) is 0 Å². The van der Waals surface area contributed by atoms with Gasteiger partial charge in [0.2, 0.25) is 5.91 Å². The summed E-state index contributed by atoms with van der Waals surface area (Å²) in [5.74, 6) is -0.107. The number of benzene rings is 3. The number of carbonyl (C=O) groups is 1. The summed E-state index contributed by atoms with van der Waals surface area (Å²) < 4.78 is 5.43. The molecule has 0 spiro atoms. The van der Waals surface area contributed by atoms with Crippen molar-refractivity contribution in [2.24, 2.45) is 0 Å². The summed E-state index contributed by atoms with van der Waals surface area (Å²) in [5, 5.41) is 8.99. The van der Waals surface area contributed by atoms with Gasteiger partial charge >= 0.3 is 0 Å². The van der Waals surface area contributed by atoms with Gasteiger partial charge < -0.3 is 20.3 Å². The van der Waals surface area contributed by atoms with Gasteiger partial charge in [-0.3, -0.25) is 4.79 Å². The number of hydrogen-bond acceptors (Lipinski definition) is 4. The van der Waals surface area contributed by atoms with E-state index in [0.717, 1.165) is 40.9 Å². The van der Waals surface area contributed by atoms with Crippen LogP contribution in [0, 0.1) is 0 Å². The molecule has 1 aliphatic rings. The number of rotatable bonds is 5. The molecule has 6 heteroatoms. The number of nitrogens with one attached hydrogen (secondary N) is 2. The van der Waals surface area contributed by atoms with E-state index in [0.29, 0.717) is 18.2 Å². The largest absolute Gasteiger partial charge is 0.378 e. The van der Waals surface area contributed by atoms with E-state index in [4.69, 9.17) is 16.3 Å². The lowest BCUT2D eigenvalue weighted by Gasteiger charge is -2.30. The van der Waals surface area contributed by atoms with Crippen LogP contribution in [0.15, 0.2) is 60.7 Å². The van der Waals surface area contributed by atoms with Crippen molar-refractivity contribution < 1.29 is 9.53 Å². The zero-order valence-corrected chi connectivity index (χ0v) is 16.2. The zero-order chi connectivity index (χ0) is 19.3. The highest BCUT2D eigenvalue weighted by Crippen LogP contribution is 2.30. The molecule has 1 amide bonds. The van der Waals surface area contributed by atoms with Gasteiger partial charge in [-0.1, -0.05) is 48.0 Å². The van der Waals surface area contributed by atoms with Crippen molar-refractivity contribution >= 4 is 45.3 Å². The van der Waals surface area contributed by atoms with Gasteiger partial charge in [0.05, 0.1) is 31.1 Å². The van der Waals surface area contributed by atoms with Crippen molar-refractivity contribution in [2.45, 2.75) is 0 Å². The predicted octanol–water partition coefficient (Wildman–Crippen LogP) is 4.38. The standard InChI is InChI=1S/C22H22ClN3O2/c23-17-8-9-21(26-10-12-28-13-11-26)20(14-17)24-15-22(27)25-19-7-3-5-16-4-1-2-6-18(16)19/h1-9,14,24H,10-13,15H2,(H,25,27). The molecule has 28 heavy (non-hydrogen) atoms. The number of amides is 1.